The highest BCUT2D eigenvalue weighted by Crippen LogP contribution is 2.32. The van der Waals surface area contributed by atoms with Crippen LogP contribution in [0.5, 0.6) is 11.5 Å². The predicted molar refractivity (Wildman–Crippen MR) is 208 cm³/mol. The summed E-state index contributed by atoms with van der Waals surface area (Å²) in [6.45, 7) is 0.539. The Morgan fingerprint density at radius 3 is 1.71 bits per heavy atom. The Hall–Kier alpha value is -7.38. The number of azide groups is 2. The lowest BCUT2D eigenvalue weighted by atomic mass is 9.91. The molecule has 6 aromatic rings. The number of hydrogen-bond donors (Lipinski definition) is 4. The van der Waals surface area contributed by atoms with E-state index in [0.29, 0.717) is 23.6 Å². The molecule has 280 valence electrons. The van der Waals surface area contributed by atoms with Crippen molar-refractivity contribution in [3.8, 4) is 33.8 Å². The maximum atomic E-state index is 12.8. The lowest BCUT2D eigenvalue weighted by molar-refractivity contribution is 0.0696. The van der Waals surface area contributed by atoms with E-state index < -0.39 is 5.97 Å². The van der Waals surface area contributed by atoms with Gasteiger partial charge in [0.15, 0.2) is 5.78 Å². The van der Waals surface area contributed by atoms with Gasteiger partial charge in [0, 0.05) is 75.6 Å². The number of ketones is 1. The number of rotatable bonds is 14. The maximum absolute atomic E-state index is 12.8. The minimum Gasteiger partial charge on any atom is -0.496 e. The quantitative estimate of drug-likeness (QED) is 0.0363. The molecule has 0 spiro atoms. The summed E-state index contributed by atoms with van der Waals surface area (Å²) in [7, 11) is 3.08. The van der Waals surface area contributed by atoms with Crippen LogP contribution >= 0.6 is 0 Å². The van der Waals surface area contributed by atoms with Gasteiger partial charge in [0.05, 0.1) is 32.2 Å². The van der Waals surface area contributed by atoms with Crippen LogP contribution in [0.25, 0.3) is 43.1 Å². The number of methoxy groups -OCH3 is 2. The Bertz CT molecular complexity index is 2200. The average Bonchev–Trinajstić information content (AvgIpc) is 3.98. The van der Waals surface area contributed by atoms with Gasteiger partial charge < -0.3 is 20.3 Å². The third-order valence-corrected chi connectivity index (χ3v) is 8.23. The summed E-state index contributed by atoms with van der Waals surface area (Å²) in [5.74, 6) is -0.0601. The molecule has 5 N–H and O–H groups in total. The predicted octanol–water partition coefficient (Wildman–Crippen LogP) is 8.53. The van der Waals surface area contributed by atoms with Crippen molar-refractivity contribution in [2.45, 2.75) is 18.4 Å². The fourth-order valence-electron chi connectivity index (χ4n) is 5.38. The first kappa shape index (κ1) is 40.4. The van der Waals surface area contributed by atoms with Gasteiger partial charge >= 0.3 is 5.97 Å². The van der Waals surface area contributed by atoms with E-state index in [9.17, 15) is 9.59 Å². The number of carbonyl (C=O) groups excluding carboxylic acids is 1. The molecule has 2 atom stereocenters. The Kier molecular flexibility index (Phi) is 15.6. The number of benzene rings is 4. The summed E-state index contributed by atoms with van der Waals surface area (Å²) < 4.78 is 10.6. The zero-order chi connectivity index (χ0) is 39.4. The molecule has 0 saturated heterocycles. The van der Waals surface area contributed by atoms with E-state index in [-0.39, 0.29) is 36.3 Å². The highest BCUT2D eigenvalue weighted by molar-refractivity contribution is 5.98. The molecule has 16 nitrogen and oxygen atoms in total. The molecule has 2 heterocycles. The van der Waals surface area contributed by atoms with Gasteiger partial charge in [-0.15, -0.1) is 0 Å². The second-order valence-corrected chi connectivity index (χ2v) is 11.7. The molecule has 0 radical (unpaired) electrons. The average molecular weight is 742 g/mol. The monoisotopic (exact) mass is 741 g/mol. The van der Waals surface area contributed by atoms with Crippen LogP contribution in [0.3, 0.4) is 0 Å². The molecule has 0 saturated carbocycles. The molecule has 0 aliphatic rings. The molecule has 0 aliphatic carbocycles. The number of hydrogen-bond acceptors (Lipinski definition) is 9. The number of aromatic amines is 2. The highest BCUT2D eigenvalue weighted by Gasteiger charge is 2.19. The van der Waals surface area contributed by atoms with E-state index in [2.05, 4.69) is 40.4 Å². The van der Waals surface area contributed by atoms with Crippen molar-refractivity contribution in [3.63, 3.8) is 0 Å². The van der Waals surface area contributed by atoms with Crippen LogP contribution in [0.4, 0.5) is 0 Å². The number of nitrogens with one attached hydrogen (secondary N) is 2. The highest BCUT2D eigenvalue weighted by atomic mass is 16.5. The van der Waals surface area contributed by atoms with Crippen LogP contribution in [0.2, 0.25) is 0 Å². The van der Waals surface area contributed by atoms with E-state index in [0.717, 1.165) is 33.4 Å². The van der Waals surface area contributed by atoms with Gasteiger partial charge in [0.25, 0.3) is 0 Å². The van der Waals surface area contributed by atoms with Crippen molar-refractivity contribution in [1.82, 2.24) is 20.4 Å². The second kappa shape index (κ2) is 21.2. The van der Waals surface area contributed by atoms with Crippen LogP contribution < -0.4 is 15.2 Å². The number of carboxylic acids is 1. The van der Waals surface area contributed by atoms with E-state index in [4.69, 9.17) is 31.4 Å². The van der Waals surface area contributed by atoms with Crippen LogP contribution in [0, 0.1) is 0 Å². The van der Waals surface area contributed by atoms with E-state index in [1.807, 2.05) is 66.7 Å². The molecular formula is C39H39N11O5. The van der Waals surface area contributed by atoms with Crippen molar-refractivity contribution in [3.05, 3.63) is 165 Å². The van der Waals surface area contributed by atoms with Crippen molar-refractivity contribution >= 4 is 11.8 Å². The van der Waals surface area contributed by atoms with Crippen molar-refractivity contribution in [2.24, 2.45) is 16.0 Å². The fourth-order valence-corrected chi connectivity index (χ4v) is 5.38. The molecule has 0 bridgehead atoms. The van der Waals surface area contributed by atoms with Crippen molar-refractivity contribution in [1.29, 1.82) is 0 Å². The Morgan fingerprint density at radius 2 is 1.24 bits per heavy atom. The summed E-state index contributed by atoms with van der Waals surface area (Å²) in [5, 5.41) is 29.2. The summed E-state index contributed by atoms with van der Waals surface area (Å²) in [5.41, 5.74) is 28.6. The molecule has 0 amide bonds. The number of aromatic carboxylic acids is 1. The molecule has 55 heavy (non-hydrogen) atoms. The number of carboxylic acid groups (broad SMARTS) is 1. The number of ether oxygens (including phenoxy) is 2. The van der Waals surface area contributed by atoms with Gasteiger partial charge in [-0.25, -0.2) is 4.79 Å². The second-order valence-electron chi connectivity index (χ2n) is 11.7. The topological polar surface area (TPSA) is 254 Å². The summed E-state index contributed by atoms with van der Waals surface area (Å²) in [4.78, 5) is 29.1. The first-order chi connectivity index (χ1) is 26.8. The molecule has 6 rings (SSSR count). The number of nitrogens with zero attached hydrogens (tertiary/aromatic N) is 8. The first-order valence-corrected chi connectivity index (χ1v) is 16.8. The van der Waals surface area contributed by atoms with Crippen LogP contribution in [0.1, 0.15) is 50.2 Å². The lowest BCUT2D eigenvalue weighted by Gasteiger charge is -2.15. The number of nitrogens with two attached hydrogens (primary N) is 1. The van der Waals surface area contributed by atoms with E-state index >= 15 is 0 Å². The molecule has 4 aromatic carbocycles. The zero-order valence-electron chi connectivity index (χ0n) is 30.1. The SMILES string of the molecule is COc1cc(C(=O)C[C@H](CN=[N+]=[N-])c2ccccc2)ccc1-c1cn[nH]c1.COc1cc(C(=O)O)ccc1-c1cn[nH]c1.[N-]=[N+]=NC[C@@H](N)c1ccccc1. The van der Waals surface area contributed by atoms with Gasteiger partial charge in [-0.1, -0.05) is 77.0 Å². The molecule has 0 fully saturated rings. The van der Waals surface area contributed by atoms with Crippen molar-refractivity contribution < 1.29 is 24.2 Å². The lowest BCUT2D eigenvalue weighted by Crippen LogP contribution is -2.12. The number of aromatic nitrogens is 4. The first-order valence-electron chi connectivity index (χ1n) is 16.8. The smallest absolute Gasteiger partial charge is 0.335 e. The number of Topliss-reactive ketones (excluding diaryl/α,β-unsaturated/α-hetero) is 1. The van der Waals surface area contributed by atoms with Crippen molar-refractivity contribution in [2.75, 3.05) is 27.3 Å². The normalized spacial score (nSPS) is 11.1. The number of H-pyrrole nitrogens is 2. The van der Waals surface area contributed by atoms with Gasteiger partial charge in [-0.3, -0.25) is 15.0 Å². The van der Waals surface area contributed by atoms with Gasteiger partial charge in [0.1, 0.15) is 11.5 Å². The third-order valence-electron chi connectivity index (χ3n) is 8.23. The third kappa shape index (κ3) is 11.8. The molecule has 0 unspecified atom stereocenters. The van der Waals surface area contributed by atoms with Crippen LogP contribution in [-0.2, 0) is 0 Å². The molecular weight excluding hydrogens is 703 g/mol. The van der Waals surface area contributed by atoms with Crippen LogP contribution in [-0.4, -0.2) is 64.6 Å². The summed E-state index contributed by atoms with van der Waals surface area (Å²) in [6.07, 6.45) is 7.09. The molecule has 0 aliphatic heterocycles. The summed E-state index contributed by atoms with van der Waals surface area (Å²) >= 11 is 0. The Labute approximate surface area is 316 Å². The minimum atomic E-state index is -0.975. The van der Waals surface area contributed by atoms with Gasteiger partial charge in [-0.05, 0) is 58.4 Å². The fraction of sp³-hybridized carbons (Fsp3) is 0.179. The minimum absolute atomic E-state index is 0.0333. The Balaban J connectivity index is 0.000000203. The Morgan fingerprint density at radius 1 is 0.745 bits per heavy atom. The largest absolute Gasteiger partial charge is 0.496 e. The molecule has 2 aromatic heterocycles. The number of carbonyl (C=O) groups is 2. The van der Waals surface area contributed by atoms with Crippen LogP contribution in [0.15, 0.2) is 132 Å². The summed E-state index contributed by atoms with van der Waals surface area (Å²) in [6, 6.07) is 29.1. The van der Waals surface area contributed by atoms with Gasteiger partial charge in [0.2, 0.25) is 0 Å². The maximum Gasteiger partial charge on any atom is 0.335 e. The van der Waals surface area contributed by atoms with E-state index in [1.165, 1.54) is 19.2 Å². The zero-order valence-corrected chi connectivity index (χ0v) is 30.1. The van der Waals surface area contributed by atoms with Gasteiger partial charge in [-0.2, -0.15) is 10.2 Å². The van der Waals surface area contributed by atoms with E-state index in [1.54, 1.807) is 50.1 Å². The molecule has 16 heteroatoms. The standard InChI is InChI=1S/C20H19N5O2.C11H10N2O3.C8H10N4/c1-27-20-10-15(7-8-18(20)17-12-22-23-13-17)19(26)9-16(11-24-25-21)14-5-3-2-4-6-14;1-16-10-4-7(11(14)15)2-3-9(10)8-5-12-13-6-8;9-8(6-11-12-10)7-4-2-1-3-5-7/h2-8,10,12-13,16H,9,11H2,1H3,(H,22,23);2-6H,1H3,(H,12,13)(H,14,15);1-5,8H,6,9H2/t16-;;8-/m1.1/s1.